The lowest BCUT2D eigenvalue weighted by molar-refractivity contribution is -0.128. The summed E-state index contributed by atoms with van der Waals surface area (Å²) in [4.78, 5) is 11.1. The Balaban J connectivity index is 2.18. The number of rotatable bonds is 6. The van der Waals surface area contributed by atoms with Gasteiger partial charge in [0.15, 0.2) is 0 Å². The number of benzene rings is 2. The van der Waals surface area contributed by atoms with E-state index in [1.54, 1.807) is 12.1 Å². The minimum absolute atomic E-state index is 0.115. The molecule has 0 bridgehead atoms. The van der Waals surface area contributed by atoms with Gasteiger partial charge in [-0.1, -0.05) is 25.3 Å². The Labute approximate surface area is 116 Å². The molecule has 0 aliphatic carbocycles. The van der Waals surface area contributed by atoms with E-state index in [1.165, 1.54) is 6.26 Å². The zero-order chi connectivity index (χ0) is 14.4. The van der Waals surface area contributed by atoms with E-state index in [0.29, 0.717) is 11.5 Å². The van der Waals surface area contributed by atoms with E-state index in [-0.39, 0.29) is 6.79 Å². The second-order valence-electron chi connectivity index (χ2n) is 3.89. The summed E-state index contributed by atoms with van der Waals surface area (Å²) in [7, 11) is 0. The first-order valence-electron chi connectivity index (χ1n) is 5.96. The van der Waals surface area contributed by atoms with Crippen LogP contribution in [0.15, 0.2) is 61.9 Å². The normalized spacial score (nSPS) is 9.80. The van der Waals surface area contributed by atoms with Crippen molar-refractivity contribution in [2.75, 3.05) is 6.79 Å². The minimum Gasteiger partial charge on any atom is -0.466 e. The van der Waals surface area contributed by atoms with Crippen molar-refractivity contribution in [2.24, 2.45) is 0 Å². The lowest BCUT2D eigenvalue weighted by Gasteiger charge is -2.07. The Kier molecular flexibility index (Phi) is 4.39. The van der Waals surface area contributed by atoms with Gasteiger partial charge in [0, 0.05) is 6.08 Å². The quantitative estimate of drug-likeness (QED) is 0.201. The number of esters is 1. The fourth-order valence-electron chi connectivity index (χ4n) is 1.66. The van der Waals surface area contributed by atoms with Crippen LogP contribution in [0.4, 0.5) is 0 Å². The summed E-state index contributed by atoms with van der Waals surface area (Å²) in [5.41, 5.74) is 0. The number of hydrogen-bond donors (Lipinski definition) is 0. The molecule has 0 heterocycles. The van der Waals surface area contributed by atoms with E-state index in [4.69, 9.17) is 14.2 Å². The summed E-state index contributed by atoms with van der Waals surface area (Å²) in [6.07, 6.45) is 2.45. The van der Waals surface area contributed by atoms with E-state index in [0.717, 1.165) is 16.8 Å². The molecule has 4 nitrogen and oxygen atoms in total. The molecule has 4 heteroatoms. The van der Waals surface area contributed by atoms with Crippen molar-refractivity contribution in [1.82, 2.24) is 0 Å². The van der Waals surface area contributed by atoms with Crippen molar-refractivity contribution in [3.8, 4) is 11.5 Å². The average Bonchev–Trinajstić information content (AvgIpc) is 2.47. The van der Waals surface area contributed by atoms with Crippen LogP contribution in [0.25, 0.3) is 10.8 Å². The summed E-state index contributed by atoms with van der Waals surface area (Å²) in [6.45, 7) is 6.90. The topological polar surface area (TPSA) is 44.8 Å². The Morgan fingerprint density at radius 3 is 2.35 bits per heavy atom. The summed E-state index contributed by atoms with van der Waals surface area (Å²) >= 11 is 0. The molecule has 20 heavy (non-hydrogen) atoms. The molecule has 2 rings (SSSR count). The van der Waals surface area contributed by atoms with Crippen LogP contribution in [0.2, 0.25) is 0 Å². The fourth-order valence-corrected chi connectivity index (χ4v) is 1.66. The van der Waals surface area contributed by atoms with Crippen LogP contribution in [-0.4, -0.2) is 12.8 Å². The number of carbonyl (C=O) groups excluding carboxylic acids is 1. The first-order valence-corrected chi connectivity index (χ1v) is 5.96. The minimum atomic E-state index is -0.481. The first-order chi connectivity index (χ1) is 9.72. The summed E-state index contributed by atoms with van der Waals surface area (Å²) in [5, 5.41) is 1.91. The predicted molar refractivity (Wildman–Crippen MR) is 76.6 cm³/mol. The van der Waals surface area contributed by atoms with Crippen LogP contribution in [-0.2, 0) is 9.53 Å². The highest BCUT2D eigenvalue weighted by Gasteiger charge is 2.03. The molecule has 0 atom stereocenters. The van der Waals surface area contributed by atoms with E-state index in [1.807, 2.05) is 24.3 Å². The molecule has 0 radical (unpaired) electrons. The van der Waals surface area contributed by atoms with Gasteiger partial charge in [0.25, 0.3) is 0 Å². The molecular formula is C16H14O4. The Morgan fingerprint density at radius 2 is 1.70 bits per heavy atom. The number of fused-ring (bicyclic) bond motifs is 1. The second kappa shape index (κ2) is 6.43. The monoisotopic (exact) mass is 270 g/mol. The van der Waals surface area contributed by atoms with Crippen molar-refractivity contribution < 1.29 is 19.0 Å². The van der Waals surface area contributed by atoms with Crippen LogP contribution < -0.4 is 9.47 Å². The van der Waals surface area contributed by atoms with Crippen LogP contribution in [0.3, 0.4) is 0 Å². The van der Waals surface area contributed by atoms with Gasteiger partial charge in [-0.05, 0) is 35.0 Å². The second-order valence-corrected chi connectivity index (χ2v) is 3.89. The predicted octanol–water partition coefficient (Wildman–Crippen LogP) is 3.43. The van der Waals surface area contributed by atoms with Gasteiger partial charge in [-0.25, -0.2) is 4.79 Å². The molecule has 0 saturated heterocycles. The van der Waals surface area contributed by atoms with Gasteiger partial charge in [0.2, 0.25) is 6.79 Å². The molecule has 102 valence electrons. The van der Waals surface area contributed by atoms with Crippen LogP contribution >= 0.6 is 0 Å². The van der Waals surface area contributed by atoms with E-state index in [9.17, 15) is 4.79 Å². The van der Waals surface area contributed by atoms with Crippen LogP contribution in [0.1, 0.15) is 0 Å². The first kappa shape index (κ1) is 13.7. The zero-order valence-corrected chi connectivity index (χ0v) is 10.9. The molecule has 0 unspecified atom stereocenters. The molecule has 0 aromatic heterocycles. The van der Waals surface area contributed by atoms with Crippen LogP contribution in [0.5, 0.6) is 11.5 Å². The SMILES string of the molecule is C=COCOc1ccc2cc(OC(=O)C=C)ccc2c1. The maximum atomic E-state index is 11.1. The molecule has 2 aromatic rings. The molecule has 0 fully saturated rings. The van der Waals surface area contributed by atoms with Crippen molar-refractivity contribution in [3.05, 3.63) is 61.9 Å². The van der Waals surface area contributed by atoms with Crippen molar-refractivity contribution >= 4 is 16.7 Å². The van der Waals surface area contributed by atoms with Gasteiger partial charge in [-0.15, -0.1) is 0 Å². The maximum absolute atomic E-state index is 11.1. The van der Waals surface area contributed by atoms with Crippen molar-refractivity contribution in [3.63, 3.8) is 0 Å². The number of hydrogen-bond acceptors (Lipinski definition) is 4. The number of carbonyl (C=O) groups is 1. The lowest BCUT2D eigenvalue weighted by Crippen LogP contribution is -2.02. The van der Waals surface area contributed by atoms with E-state index < -0.39 is 5.97 Å². The molecule has 0 saturated carbocycles. The third-order valence-electron chi connectivity index (χ3n) is 2.58. The van der Waals surface area contributed by atoms with Gasteiger partial charge in [0.1, 0.15) is 11.5 Å². The summed E-state index contributed by atoms with van der Waals surface area (Å²) < 4.78 is 15.3. The van der Waals surface area contributed by atoms with Crippen molar-refractivity contribution in [2.45, 2.75) is 0 Å². The maximum Gasteiger partial charge on any atom is 0.335 e. The van der Waals surface area contributed by atoms with E-state index >= 15 is 0 Å². The van der Waals surface area contributed by atoms with Gasteiger partial charge in [-0.2, -0.15) is 0 Å². The third kappa shape index (κ3) is 3.38. The van der Waals surface area contributed by atoms with Gasteiger partial charge in [0.05, 0.1) is 6.26 Å². The lowest BCUT2D eigenvalue weighted by atomic mass is 10.1. The van der Waals surface area contributed by atoms with Gasteiger partial charge >= 0.3 is 5.97 Å². The van der Waals surface area contributed by atoms with Crippen molar-refractivity contribution in [1.29, 1.82) is 0 Å². The highest BCUT2D eigenvalue weighted by atomic mass is 16.7. The van der Waals surface area contributed by atoms with Crippen LogP contribution in [0, 0.1) is 0 Å². The Hall–Kier alpha value is -2.75. The molecule has 0 aliphatic rings. The largest absolute Gasteiger partial charge is 0.466 e. The molecule has 0 N–H and O–H groups in total. The van der Waals surface area contributed by atoms with Gasteiger partial charge < -0.3 is 14.2 Å². The fraction of sp³-hybridized carbons (Fsp3) is 0.0625. The average molecular weight is 270 g/mol. The third-order valence-corrected chi connectivity index (χ3v) is 2.58. The molecule has 0 aliphatic heterocycles. The van der Waals surface area contributed by atoms with Gasteiger partial charge in [-0.3, -0.25) is 0 Å². The molecule has 0 spiro atoms. The summed E-state index contributed by atoms with van der Waals surface area (Å²) in [5.74, 6) is 0.687. The molecule has 2 aromatic carbocycles. The standard InChI is InChI=1S/C16H14O4/c1-3-16(17)20-15-8-6-12-9-14(19-11-18-4-2)7-5-13(12)10-15/h3-10H,1-2,11H2. The number of ether oxygens (including phenoxy) is 3. The molecular weight excluding hydrogens is 256 g/mol. The highest BCUT2D eigenvalue weighted by molar-refractivity contribution is 5.87. The Bertz CT molecular complexity index is 646. The summed E-state index contributed by atoms with van der Waals surface area (Å²) in [6, 6.07) is 10.9. The molecule has 0 amide bonds. The Morgan fingerprint density at radius 1 is 1.05 bits per heavy atom. The highest BCUT2D eigenvalue weighted by Crippen LogP contribution is 2.25. The smallest absolute Gasteiger partial charge is 0.335 e. The van der Waals surface area contributed by atoms with E-state index in [2.05, 4.69) is 13.2 Å². The zero-order valence-electron chi connectivity index (χ0n) is 10.9.